The number of para-hydroxylation sites is 1. The minimum absolute atomic E-state index is 0.234. The van der Waals surface area contributed by atoms with Crippen LogP contribution in [0.2, 0.25) is 0 Å². The number of hydrogen-bond acceptors (Lipinski definition) is 1. The lowest BCUT2D eigenvalue weighted by Crippen LogP contribution is -2.26. The van der Waals surface area contributed by atoms with E-state index in [0.29, 0.717) is 0 Å². The lowest BCUT2D eigenvalue weighted by Gasteiger charge is -1.99. The lowest BCUT2D eigenvalue weighted by molar-refractivity contribution is 1.69. The van der Waals surface area contributed by atoms with Crippen LogP contribution in [-0.4, -0.2) is 9.52 Å². The topological polar surface area (TPSA) is 26.0 Å². The van der Waals surface area contributed by atoms with Crippen LogP contribution in [-0.2, 0) is 0 Å². The first kappa shape index (κ1) is 14.1. The van der Waals surface area contributed by atoms with E-state index in [4.69, 9.17) is 5.73 Å². The van der Waals surface area contributed by atoms with Gasteiger partial charge < -0.3 is 5.73 Å². The third-order valence-electron chi connectivity index (χ3n) is 2.89. The van der Waals surface area contributed by atoms with Gasteiger partial charge in [-0.3, -0.25) is 0 Å². The number of nitrogen functional groups attached to an aromatic ring is 1. The van der Waals surface area contributed by atoms with Crippen molar-refractivity contribution in [3.63, 3.8) is 0 Å². The number of nitrogens with two attached hydrogens (primary N) is 1. The summed E-state index contributed by atoms with van der Waals surface area (Å²) in [5.74, 6) is 0. The molecule has 3 aromatic rings. The molecule has 0 amide bonds. The van der Waals surface area contributed by atoms with E-state index < -0.39 is 0 Å². The van der Waals surface area contributed by atoms with Crippen molar-refractivity contribution >= 4 is 25.6 Å². The van der Waals surface area contributed by atoms with Crippen molar-refractivity contribution in [2.24, 2.45) is 0 Å². The summed E-state index contributed by atoms with van der Waals surface area (Å²) in [6.45, 7) is 0. The molecule has 0 unspecified atom stereocenters. The zero-order valence-electron chi connectivity index (χ0n) is 11.4. The van der Waals surface area contributed by atoms with Gasteiger partial charge in [-0.1, -0.05) is 89.2 Å². The van der Waals surface area contributed by atoms with Crippen LogP contribution < -0.4 is 16.1 Å². The molecule has 0 bridgehead atoms. The Balaban J connectivity index is 0.000000178. The second-order valence-corrected chi connectivity index (χ2v) is 6.55. The maximum absolute atomic E-state index is 5.36. The Labute approximate surface area is 122 Å². The van der Waals surface area contributed by atoms with Crippen LogP contribution in [0.3, 0.4) is 0 Å². The second-order valence-electron chi connectivity index (χ2n) is 4.56. The predicted molar refractivity (Wildman–Crippen MR) is 91.6 cm³/mol. The molecule has 0 aliphatic rings. The summed E-state index contributed by atoms with van der Waals surface area (Å²) in [5, 5.41) is 3.02. The van der Waals surface area contributed by atoms with Crippen molar-refractivity contribution in [1.82, 2.24) is 0 Å². The minimum atomic E-state index is -0.234. The molecule has 0 spiro atoms. The summed E-state index contributed by atoms with van der Waals surface area (Å²) in [4.78, 5) is 0. The van der Waals surface area contributed by atoms with Crippen molar-refractivity contribution in [2.45, 2.75) is 0 Å². The molecule has 0 saturated heterocycles. The first-order chi connectivity index (χ1) is 9.84. The number of hydrogen-bond donors (Lipinski definition) is 1. The maximum Gasteiger partial charge on any atom is 0.0875 e. The molecule has 2 N–H and O–H groups in total. The van der Waals surface area contributed by atoms with Gasteiger partial charge in [0.2, 0.25) is 0 Å². The highest BCUT2D eigenvalue weighted by Gasteiger charge is 1.93. The Morgan fingerprint density at radius 2 is 0.850 bits per heavy atom. The van der Waals surface area contributed by atoms with Gasteiger partial charge in [-0.15, -0.1) is 0 Å². The third-order valence-corrected chi connectivity index (χ3v) is 4.65. The number of rotatable bonds is 2. The van der Waals surface area contributed by atoms with E-state index in [2.05, 4.69) is 60.7 Å². The van der Waals surface area contributed by atoms with Gasteiger partial charge in [-0.05, 0) is 12.1 Å². The van der Waals surface area contributed by atoms with Crippen molar-refractivity contribution in [1.29, 1.82) is 0 Å². The van der Waals surface area contributed by atoms with Gasteiger partial charge in [0.05, 0.1) is 9.52 Å². The highest BCUT2D eigenvalue weighted by molar-refractivity contribution is 6.67. The van der Waals surface area contributed by atoms with Gasteiger partial charge >= 0.3 is 0 Å². The van der Waals surface area contributed by atoms with Gasteiger partial charge in [0.15, 0.2) is 0 Å². The predicted octanol–water partition coefficient (Wildman–Crippen LogP) is 2.08. The summed E-state index contributed by atoms with van der Waals surface area (Å²) < 4.78 is 0. The summed E-state index contributed by atoms with van der Waals surface area (Å²) in [5.41, 5.74) is 6.18. The van der Waals surface area contributed by atoms with Crippen LogP contribution in [0.4, 0.5) is 5.69 Å². The van der Waals surface area contributed by atoms with Gasteiger partial charge in [0.25, 0.3) is 0 Å². The molecule has 0 aromatic heterocycles. The molecule has 1 nitrogen and oxygen atoms in total. The molecule has 0 heterocycles. The monoisotopic (exact) mass is 277 g/mol. The van der Waals surface area contributed by atoms with Crippen LogP contribution in [0.5, 0.6) is 0 Å². The number of anilines is 1. The van der Waals surface area contributed by atoms with E-state index in [1.807, 2.05) is 30.3 Å². The molecule has 0 radical (unpaired) electrons. The first-order valence-corrected chi connectivity index (χ1v) is 8.14. The Bertz CT molecular complexity index is 557. The van der Waals surface area contributed by atoms with E-state index in [1.54, 1.807) is 0 Å². The van der Waals surface area contributed by atoms with Gasteiger partial charge in [-0.2, -0.15) is 0 Å². The molecule has 0 aliphatic carbocycles. The molecule has 0 saturated carbocycles. The molecule has 3 rings (SSSR count). The normalized spacial score (nSPS) is 9.40. The Morgan fingerprint density at radius 3 is 1.15 bits per heavy atom. The standard InChI is InChI=1S/C12H12Si.C6H7N/c1-3-7-11(8-4-1)13-12-9-5-2-6-10-12;7-6-4-2-1-3-5-6/h1-10H,13H2;1-5H,7H2. The van der Waals surface area contributed by atoms with Crippen LogP contribution in [0.1, 0.15) is 0 Å². The van der Waals surface area contributed by atoms with Gasteiger partial charge in [0, 0.05) is 5.69 Å². The first-order valence-electron chi connectivity index (χ1n) is 6.73. The van der Waals surface area contributed by atoms with E-state index in [-0.39, 0.29) is 9.52 Å². The Morgan fingerprint density at radius 1 is 0.500 bits per heavy atom. The van der Waals surface area contributed by atoms with Gasteiger partial charge in [-0.25, -0.2) is 0 Å². The van der Waals surface area contributed by atoms with Crippen LogP contribution in [0, 0.1) is 0 Å². The zero-order valence-corrected chi connectivity index (χ0v) is 12.9. The minimum Gasteiger partial charge on any atom is -0.399 e. The highest BCUT2D eigenvalue weighted by Crippen LogP contribution is 1.95. The third kappa shape index (κ3) is 5.12. The fourth-order valence-electron chi connectivity index (χ4n) is 1.88. The van der Waals surface area contributed by atoms with Gasteiger partial charge in [0.1, 0.15) is 0 Å². The summed E-state index contributed by atoms with van der Waals surface area (Å²) >= 11 is 0. The Hall–Kier alpha value is -2.32. The summed E-state index contributed by atoms with van der Waals surface area (Å²) in [6, 6.07) is 31.0. The smallest absolute Gasteiger partial charge is 0.0875 e. The molecule has 3 aromatic carbocycles. The van der Waals surface area contributed by atoms with Crippen molar-refractivity contribution in [3.05, 3.63) is 91.0 Å². The molecule has 2 heteroatoms. The van der Waals surface area contributed by atoms with E-state index >= 15 is 0 Å². The largest absolute Gasteiger partial charge is 0.399 e. The van der Waals surface area contributed by atoms with Crippen molar-refractivity contribution in [3.8, 4) is 0 Å². The van der Waals surface area contributed by atoms with Crippen LogP contribution >= 0.6 is 0 Å². The van der Waals surface area contributed by atoms with E-state index in [9.17, 15) is 0 Å². The SMILES string of the molecule is Nc1ccccc1.c1ccc([SiH2]c2ccccc2)cc1. The fraction of sp³-hybridized carbons (Fsp3) is 0. The average Bonchev–Trinajstić information content (AvgIpc) is 2.51. The second kappa shape index (κ2) is 7.97. The molecule has 20 heavy (non-hydrogen) atoms. The Kier molecular flexibility index (Phi) is 5.62. The molecule has 0 aliphatic heterocycles. The highest BCUT2D eigenvalue weighted by atomic mass is 28.2. The molecule has 0 fully saturated rings. The summed E-state index contributed by atoms with van der Waals surface area (Å²) in [7, 11) is -0.234. The van der Waals surface area contributed by atoms with Crippen LogP contribution in [0.15, 0.2) is 91.0 Å². The van der Waals surface area contributed by atoms with E-state index in [0.717, 1.165) is 5.69 Å². The van der Waals surface area contributed by atoms with Crippen molar-refractivity contribution in [2.75, 3.05) is 5.73 Å². The molecular weight excluding hydrogens is 258 g/mol. The fourth-order valence-corrected chi connectivity index (χ4v) is 3.37. The summed E-state index contributed by atoms with van der Waals surface area (Å²) in [6.07, 6.45) is 0. The van der Waals surface area contributed by atoms with E-state index in [1.165, 1.54) is 10.4 Å². The molecule has 100 valence electrons. The lowest BCUT2D eigenvalue weighted by atomic mass is 10.3. The molecular formula is C18H19NSi. The maximum atomic E-state index is 5.36. The van der Waals surface area contributed by atoms with Crippen molar-refractivity contribution < 1.29 is 0 Å². The average molecular weight is 277 g/mol. The number of benzene rings is 3. The zero-order chi connectivity index (χ0) is 14.0. The molecule has 0 atom stereocenters. The van der Waals surface area contributed by atoms with Crippen LogP contribution in [0.25, 0.3) is 0 Å². The quantitative estimate of drug-likeness (QED) is 0.563.